The minimum atomic E-state index is -0.186. The van der Waals surface area contributed by atoms with Crippen molar-refractivity contribution in [1.29, 1.82) is 0 Å². The largest absolute Gasteiger partial charge is 0.346 e. The highest BCUT2D eigenvalue weighted by atomic mass is 79.9. The number of hydrogen-bond acceptors (Lipinski definition) is 1. The summed E-state index contributed by atoms with van der Waals surface area (Å²) in [5, 5.41) is 4.47. The topological polar surface area (TPSA) is 29.1 Å². The van der Waals surface area contributed by atoms with Gasteiger partial charge in [-0.05, 0) is 37.5 Å². The Kier molecular flexibility index (Phi) is 5.67. The molecule has 100 valence electrons. The van der Waals surface area contributed by atoms with E-state index in [9.17, 15) is 4.79 Å². The molecule has 0 aromatic heterocycles. The Labute approximate surface area is 122 Å². The van der Waals surface area contributed by atoms with Crippen molar-refractivity contribution in [3.05, 3.63) is 34.3 Å². The van der Waals surface area contributed by atoms with Crippen LogP contribution in [0.15, 0.2) is 18.2 Å². The first-order chi connectivity index (χ1) is 8.48. The molecule has 1 rings (SSSR count). The van der Waals surface area contributed by atoms with Gasteiger partial charge in [0.1, 0.15) is 0 Å². The quantitative estimate of drug-likeness (QED) is 0.799. The predicted octanol–water partition coefficient (Wildman–Crippen LogP) is 4.33. The third kappa shape index (κ3) is 3.48. The Hall–Kier alpha value is -0.540. The van der Waals surface area contributed by atoms with Crippen molar-refractivity contribution >= 4 is 33.4 Å². The van der Waals surface area contributed by atoms with Crippen molar-refractivity contribution in [2.45, 2.75) is 39.2 Å². The molecule has 0 bridgehead atoms. The summed E-state index contributed by atoms with van der Waals surface area (Å²) in [5.41, 5.74) is 1.40. The van der Waals surface area contributed by atoms with Gasteiger partial charge in [0, 0.05) is 21.5 Å². The lowest BCUT2D eigenvalue weighted by Gasteiger charge is -2.31. The molecule has 0 aliphatic heterocycles. The van der Waals surface area contributed by atoms with Gasteiger partial charge in [-0.3, -0.25) is 4.79 Å². The van der Waals surface area contributed by atoms with E-state index in [4.69, 9.17) is 11.6 Å². The maximum Gasteiger partial charge on any atom is 0.251 e. The zero-order valence-corrected chi connectivity index (χ0v) is 13.4. The number of aryl methyl sites for hydroxylation is 1. The molecule has 0 radical (unpaired) electrons. The summed E-state index contributed by atoms with van der Waals surface area (Å²) in [5.74, 6) is -0.0694. The second-order valence-electron chi connectivity index (χ2n) is 4.54. The van der Waals surface area contributed by atoms with Gasteiger partial charge in [-0.15, -0.1) is 0 Å². The van der Waals surface area contributed by atoms with Crippen molar-refractivity contribution in [2.75, 3.05) is 5.33 Å². The van der Waals surface area contributed by atoms with E-state index in [1.54, 1.807) is 12.1 Å². The van der Waals surface area contributed by atoms with Crippen molar-refractivity contribution in [2.24, 2.45) is 0 Å². The van der Waals surface area contributed by atoms with Crippen LogP contribution in [0.4, 0.5) is 0 Å². The molecule has 0 aliphatic carbocycles. The van der Waals surface area contributed by atoms with Crippen LogP contribution in [0, 0.1) is 6.92 Å². The smallest absolute Gasteiger partial charge is 0.251 e. The van der Waals surface area contributed by atoms with E-state index in [-0.39, 0.29) is 11.4 Å². The number of rotatable bonds is 5. The van der Waals surface area contributed by atoms with Crippen LogP contribution in [-0.2, 0) is 0 Å². The first-order valence-electron chi connectivity index (χ1n) is 6.12. The number of carbonyl (C=O) groups is 1. The molecule has 1 aromatic carbocycles. The van der Waals surface area contributed by atoms with Crippen molar-refractivity contribution < 1.29 is 4.79 Å². The standard InChI is InChI=1S/C14H19BrClNO/c1-4-14(5-2,9-15)17-13(18)11-7-6-10(3)12(16)8-11/h6-8H,4-5,9H2,1-3H3,(H,17,18). The highest BCUT2D eigenvalue weighted by molar-refractivity contribution is 9.09. The maximum absolute atomic E-state index is 12.2. The minimum absolute atomic E-state index is 0.0694. The summed E-state index contributed by atoms with van der Waals surface area (Å²) in [7, 11) is 0. The molecule has 0 fully saturated rings. The summed E-state index contributed by atoms with van der Waals surface area (Å²) in [6, 6.07) is 5.39. The molecular formula is C14H19BrClNO. The molecule has 0 atom stereocenters. The summed E-state index contributed by atoms with van der Waals surface area (Å²) in [6.45, 7) is 6.07. The lowest BCUT2D eigenvalue weighted by atomic mass is 9.95. The van der Waals surface area contributed by atoms with Gasteiger partial charge in [0.05, 0.1) is 0 Å². The van der Waals surface area contributed by atoms with E-state index in [1.165, 1.54) is 0 Å². The first kappa shape index (κ1) is 15.5. The average Bonchev–Trinajstić information content (AvgIpc) is 2.39. The van der Waals surface area contributed by atoms with Crippen LogP contribution in [0.25, 0.3) is 0 Å². The van der Waals surface area contributed by atoms with Crippen LogP contribution in [0.2, 0.25) is 5.02 Å². The number of benzene rings is 1. The van der Waals surface area contributed by atoms with Crippen LogP contribution >= 0.6 is 27.5 Å². The monoisotopic (exact) mass is 331 g/mol. The zero-order chi connectivity index (χ0) is 13.8. The number of amides is 1. The van der Waals surface area contributed by atoms with Gasteiger partial charge in [-0.1, -0.05) is 47.4 Å². The fourth-order valence-corrected chi connectivity index (χ4v) is 2.81. The summed E-state index contributed by atoms with van der Waals surface area (Å²) in [4.78, 5) is 12.2. The molecule has 18 heavy (non-hydrogen) atoms. The minimum Gasteiger partial charge on any atom is -0.346 e. The van der Waals surface area contributed by atoms with Crippen LogP contribution in [0.1, 0.15) is 42.6 Å². The van der Waals surface area contributed by atoms with Gasteiger partial charge in [-0.25, -0.2) is 0 Å². The second-order valence-corrected chi connectivity index (χ2v) is 5.51. The molecule has 0 spiro atoms. The molecule has 2 nitrogen and oxygen atoms in total. The van der Waals surface area contributed by atoms with Gasteiger partial charge in [0.15, 0.2) is 0 Å². The highest BCUT2D eigenvalue weighted by Gasteiger charge is 2.27. The Morgan fingerprint density at radius 1 is 1.39 bits per heavy atom. The highest BCUT2D eigenvalue weighted by Crippen LogP contribution is 2.21. The Balaban J connectivity index is 2.90. The van der Waals surface area contributed by atoms with Gasteiger partial charge in [0.2, 0.25) is 0 Å². The molecule has 0 aliphatic rings. The predicted molar refractivity (Wildman–Crippen MR) is 80.8 cm³/mol. The lowest BCUT2D eigenvalue weighted by molar-refractivity contribution is 0.0903. The molecule has 0 saturated heterocycles. The van der Waals surface area contributed by atoms with E-state index >= 15 is 0 Å². The third-order valence-corrected chi connectivity index (χ3v) is 4.90. The number of hydrogen-bond donors (Lipinski definition) is 1. The van der Waals surface area contributed by atoms with Crippen LogP contribution in [-0.4, -0.2) is 16.8 Å². The normalized spacial score (nSPS) is 11.4. The van der Waals surface area contributed by atoms with E-state index in [0.29, 0.717) is 10.6 Å². The molecular weight excluding hydrogens is 314 g/mol. The molecule has 0 saturated carbocycles. The lowest BCUT2D eigenvalue weighted by Crippen LogP contribution is -2.49. The van der Waals surface area contributed by atoms with Gasteiger partial charge in [0.25, 0.3) is 5.91 Å². The average molecular weight is 333 g/mol. The summed E-state index contributed by atoms with van der Waals surface area (Å²) < 4.78 is 0. The van der Waals surface area contributed by atoms with Crippen molar-refractivity contribution in [3.63, 3.8) is 0 Å². The van der Waals surface area contributed by atoms with Gasteiger partial charge in [-0.2, -0.15) is 0 Å². The number of halogens is 2. The van der Waals surface area contributed by atoms with Gasteiger partial charge >= 0.3 is 0 Å². The fraction of sp³-hybridized carbons (Fsp3) is 0.500. The van der Waals surface area contributed by atoms with Crippen molar-refractivity contribution in [3.8, 4) is 0 Å². The van der Waals surface area contributed by atoms with Gasteiger partial charge < -0.3 is 5.32 Å². The molecule has 1 amide bonds. The molecule has 4 heteroatoms. The van der Waals surface area contributed by atoms with E-state index in [1.807, 2.05) is 13.0 Å². The molecule has 0 unspecified atom stereocenters. The van der Waals surface area contributed by atoms with E-state index < -0.39 is 0 Å². The maximum atomic E-state index is 12.2. The number of carbonyl (C=O) groups excluding carboxylic acids is 1. The van der Waals surface area contributed by atoms with Crippen molar-refractivity contribution in [1.82, 2.24) is 5.32 Å². The molecule has 0 heterocycles. The zero-order valence-electron chi connectivity index (χ0n) is 11.0. The van der Waals surface area contributed by atoms with Crippen LogP contribution in [0.3, 0.4) is 0 Å². The number of alkyl halides is 1. The SMILES string of the molecule is CCC(CC)(CBr)NC(=O)c1ccc(C)c(Cl)c1. The fourth-order valence-electron chi connectivity index (χ4n) is 1.70. The summed E-state index contributed by atoms with van der Waals surface area (Å²) in [6.07, 6.45) is 1.78. The number of nitrogens with one attached hydrogen (secondary N) is 1. The van der Waals surface area contributed by atoms with Crippen LogP contribution < -0.4 is 5.32 Å². The Bertz CT molecular complexity index is 422. The Morgan fingerprint density at radius 3 is 2.44 bits per heavy atom. The third-order valence-electron chi connectivity index (χ3n) is 3.42. The van der Waals surface area contributed by atoms with E-state index in [2.05, 4.69) is 35.1 Å². The second kappa shape index (κ2) is 6.58. The first-order valence-corrected chi connectivity index (χ1v) is 7.62. The molecule has 1 N–H and O–H groups in total. The summed E-state index contributed by atoms with van der Waals surface area (Å²) >= 11 is 9.52. The van der Waals surface area contributed by atoms with E-state index in [0.717, 1.165) is 23.7 Å². The Morgan fingerprint density at radius 2 is 2.00 bits per heavy atom. The molecule has 1 aromatic rings. The van der Waals surface area contributed by atoms with Crippen LogP contribution in [0.5, 0.6) is 0 Å².